The summed E-state index contributed by atoms with van der Waals surface area (Å²) in [5, 5.41) is 6.91. The maximum atomic E-state index is 12.5. The van der Waals surface area contributed by atoms with Crippen molar-refractivity contribution in [2.75, 3.05) is 5.32 Å². The third kappa shape index (κ3) is 4.23. The fraction of sp³-hybridized carbons (Fsp3) is 0.211. The van der Waals surface area contributed by atoms with Gasteiger partial charge in [0, 0.05) is 0 Å². The smallest absolute Gasteiger partial charge is 0.249 e. The number of hydrogen-bond donors (Lipinski definition) is 1. The first-order valence-electron chi connectivity index (χ1n) is 8.06. The fourth-order valence-corrected chi connectivity index (χ4v) is 2.36. The first kappa shape index (κ1) is 16.7. The minimum atomic E-state index is -0.467. The van der Waals surface area contributed by atoms with Crippen molar-refractivity contribution < 1.29 is 9.53 Å². The molecule has 1 aromatic heterocycles. The van der Waals surface area contributed by atoms with Gasteiger partial charge < -0.3 is 10.1 Å². The van der Waals surface area contributed by atoms with Gasteiger partial charge in [-0.1, -0.05) is 36.4 Å². The molecule has 0 bridgehead atoms. The predicted octanol–water partition coefficient (Wildman–Crippen LogP) is 3.37. The summed E-state index contributed by atoms with van der Waals surface area (Å²) < 4.78 is 7.43. The van der Waals surface area contributed by atoms with Gasteiger partial charge in [0.1, 0.15) is 31.1 Å². The molecule has 1 atom stereocenters. The minimum Gasteiger partial charge on any atom is -0.487 e. The largest absolute Gasteiger partial charge is 0.487 e. The van der Waals surface area contributed by atoms with Gasteiger partial charge in [0.15, 0.2) is 0 Å². The number of aromatic nitrogens is 3. The van der Waals surface area contributed by atoms with Gasteiger partial charge in [-0.2, -0.15) is 5.10 Å². The zero-order valence-corrected chi connectivity index (χ0v) is 14.2. The molecule has 1 N–H and O–H groups in total. The van der Waals surface area contributed by atoms with Gasteiger partial charge in [0.25, 0.3) is 0 Å². The van der Waals surface area contributed by atoms with Crippen LogP contribution in [0.25, 0.3) is 0 Å². The monoisotopic (exact) mass is 336 g/mol. The van der Waals surface area contributed by atoms with Crippen LogP contribution in [0.1, 0.15) is 24.1 Å². The van der Waals surface area contributed by atoms with E-state index in [-0.39, 0.29) is 5.91 Å². The molecule has 25 heavy (non-hydrogen) atoms. The van der Waals surface area contributed by atoms with Crippen LogP contribution in [0.2, 0.25) is 0 Å². The Morgan fingerprint density at radius 3 is 2.76 bits per heavy atom. The molecule has 1 unspecified atom stereocenters. The molecule has 3 rings (SSSR count). The van der Waals surface area contributed by atoms with Crippen molar-refractivity contribution in [1.29, 1.82) is 0 Å². The Kier molecular flexibility index (Phi) is 5.09. The molecule has 0 saturated heterocycles. The van der Waals surface area contributed by atoms with Crippen molar-refractivity contribution in [3.8, 4) is 5.75 Å². The Balaban J connectivity index is 1.73. The number of nitrogens with one attached hydrogen (secondary N) is 1. The average Bonchev–Trinajstić information content (AvgIpc) is 3.16. The summed E-state index contributed by atoms with van der Waals surface area (Å²) >= 11 is 0. The molecule has 6 nitrogen and oxygen atoms in total. The third-order valence-electron chi connectivity index (χ3n) is 3.85. The van der Waals surface area contributed by atoms with E-state index < -0.39 is 6.04 Å². The van der Waals surface area contributed by atoms with Crippen LogP contribution in [0.4, 0.5) is 5.69 Å². The average molecular weight is 336 g/mol. The van der Waals surface area contributed by atoms with E-state index in [0.717, 1.165) is 11.1 Å². The van der Waals surface area contributed by atoms with E-state index in [1.54, 1.807) is 6.92 Å². The zero-order chi connectivity index (χ0) is 17.6. The maximum absolute atomic E-state index is 12.5. The highest BCUT2D eigenvalue weighted by atomic mass is 16.5. The second kappa shape index (κ2) is 7.61. The van der Waals surface area contributed by atoms with E-state index in [0.29, 0.717) is 18.0 Å². The van der Waals surface area contributed by atoms with Crippen LogP contribution in [-0.2, 0) is 11.4 Å². The highest BCUT2D eigenvalue weighted by molar-refractivity contribution is 5.94. The number of ether oxygens (including phenoxy) is 1. The lowest BCUT2D eigenvalue weighted by atomic mass is 10.2. The number of carbonyl (C=O) groups excluding carboxylic acids is 1. The number of nitrogens with zero attached hydrogens (tertiary/aromatic N) is 3. The van der Waals surface area contributed by atoms with Crippen LogP contribution in [0.15, 0.2) is 61.2 Å². The Morgan fingerprint density at radius 1 is 1.24 bits per heavy atom. The zero-order valence-electron chi connectivity index (χ0n) is 14.2. The molecule has 0 radical (unpaired) electrons. The van der Waals surface area contributed by atoms with Crippen LogP contribution in [0.3, 0.4) is 0 Å². The van der Waals surface area contributed by atoms with Crippen molar-refractivity contribution in [2.24, 2.45) is 0 Å². The molecule has 1 amide bonds. The van der Waals surface area contributed by atoms with E-state index in [2.05, 4.69) is 15.4 Å². The third-order valence-corrected chi connectivity index (χ3v) is 3.85. The standard InChI is InChI=1S/C19H20N4O2/c1-14-8-9-17(22-19(24)15(2)23-13-20-12-21-23)18(10-14)25-11-16-6-4-3-5-7-16/h3-10,12-13,15H,11H2,1-2H3,(H,22,24). The van der Waals surface area contributed by atoms with Gasteiger partial charge in [-0.15, -0.1) is 0 Å². The molecule has 0 aliphatic carbocycles. The Labute approximate surface area is 146 Å². The van der Waals surface area contributed by atoms with Crippen LogP contribution in [-0.4, -0.2) is 20.7 Å². The van der Waals surface area contributed by atoms with Crippen molar-refractivity contribution in [3.05, 3.63) is 72.3 Å². The quantitative estimate of drug-likeness (QED) is 0.749. The molecule has 0 aliphatic rings. The van der Waals surface area contributed by atoms with E-state index in [9.17, 15) is 4.79 Å². The van der Waals surface area contributed by atoms with Gasteiger partial charge >= 0.3 is 0 Å². The van der Waals surface area contributed by atoms with Gasteiger partial charge in [0.2, 0.25) is 5.91 Å². The van der Waals surface area contributed by atoms with Crippen molar-refractivity contribution in [3.63, 3.8) is 0 Å². The van der Waals surface area contributed by atoms with E-state index in [1.807, 2.05) is 55.5 Å². The topological polar surface area (TPSA) is 69.0 Å². The summed E-state index contributed by atoms with van der Waals surface area (Å²) in [6, 6.07) is 15.1. The number of anilines is 1. The van der Waals surface area contributed by atoms with Crippen LogP contribution >= 0.6 is 0 Å². The lowest BCUT2D eigenvalue weighted by molar-refractivity contribution is -0.119. The minimum absolute atomic E-state index is 0.182. The molecule has 0 aliphatic heterocycles. The Morgan fingerprint density at radius 2 is 2.04 bits per heavy atom. The van der Waals surface area contributed by atoms with Crippen LogP contribution < -0.4 is 10.1 Å². The molecule has 1 heterocycles. The SMILES string of the molecule is Cc1ccc(NC(=O)C(C)n2cncn2)c(OCc2ccccc2)c1. The predicted molar refractivity (Wildman–Crippen MR) is 95.3 cm³/mol. The number of carbonyl (C=O) groups is 1. The molecule has 6 heteroatoms. The number of amides is 1. The summed E-state index contributed by atoms with van der Waals surface area (Å²) in [5.74, 6) is 0.460. The number of hydrogen-bond acceptors (Lipinski definition) is 4. The lowest BCUT2D eigenvalue weighted by Crippen LogP contribution is -2.24. The van der Waals surface area contributed by atoms with E-state index in [1.165, 1.54) is 17.3 Å². The Hall–Kier alpha value is -3.15. The lowest BCUT2D eigenvalue weighted by Gasteiger charge is -2.16. The van der Waals surface area contributed by atoms with Crippen molar-refractivity contribution in [2.45, 2.75) is 26.5 Å². The Bertz CT molecular complexity index is 832. The van der Waals surface area contributed by atoms with Gasteiger partial charge in [-0.25, -0.2) is 9.67 Å². The van der Waals surface area contributed by atoms with Crippen molar-refractivity contribution >= 4 is 11.6 Å². The first-order chi connectivity index (χ1) is 12.1. The highest BCUT2D eigenvalue weighted by Crippen LogP contribution is 2.27. The second-order valence-corrected chi connectivity index (χ2v) is 5.81. The molecular weight excluding hydrogens is 316 g/mol. The molecule has 2 aromatic carbocycles. The van der Waals surface area contributed by atoms with Crippen molar-refractivity contribution in [1.82, 2.24) is 14.8 Å². The fourth-order valence-electron chi connectivity index (χ4n) is 2.36. The number of benzene rings is 2. The molecule has 128 valence electrons. The normalized spacial score (nSPS) is 11.8. The van der Waals surface area contributed by atoms with Gasteiger partial charge in [0.05, 0.1) is 5.69 Å². The van der Waals surface area contributed by atoms with Crippen LogP contribution in [0.5, 0.6) is 5.75 Å². The van der Waals surface area contributed by atoms with E-state index in [4.69, 9.17) is 4.74 Å². The summed E-state index contributed by atoms with van der Waals surface area (Å²) in [6.07, 6.45) is 2.93. The summed E-state index contributed by atoms with van der Waals surface area (Å²) in [6.45, 7) is 4.19. The summed E-state index contributed by atoms with van der Waals surface area (Å²) in [4.78, 5) is 16.3. The van der Waals surface area contributed by atoms with E-state index >= 15 is 0 Å². The molecule has 0 fully saturated rings. The summed E-state index contributed by atoms with van der Waals surface area (Å²) in [5.41, 5.74) is 2.76. The van der Waals surface area contributed by atoms with Gasteiger partial charge in [-0.3, -0.25) is 4.79 Å². The van der Waals surface area contributed by atoms with Gasteiger partial charge in [-0.05, 0) is 37.1 Å². The first-order valence-corrected chi connectivity index (χ1v) is 8.06. The number of rotatable bonds is 6. The maximum Gasteiger partial charge on any atom is 0.249 e. The summed E-state index contributed by atoms with van der Waals surface area (Å²) in [7, 11) is 0. The highest BCUT2D eigenvalue weighted by Gasteiger charge is 2.17. The number of aryl methyl sites for hydroxylation is 1. The molecule has 0 saturated carbocycles. The molecular formula is C19H20N4O2. The molecule has 0 spiro atoms. The van der Waals surface area contributed by atoms with Crippen LogP contribution in [0, 0.1) is 6.92 Å². The molecule has 3 aromatic rings. The second-order valence-electron chi connectivity index (χ2n) is 5.81.